The van der Waals surface area contributed by atoms with Crippen LogP contribution < -0.4 is 4.74 Å². The number of fused-ring (bicyclic) bond motifs is 3. The Kier molecular flexibility index (Phi) is 4.40. The molecule has 0 radical (unpaired) electrons. The molecule has 32 heavy (non-hydrogen) atoms. The molecule has 0 aliphatic rings. The van der Waals surface area contributed by atoms with Crippen LogP contribution in [0, 0.1) is 0 Å². The summed E-state index contributed by atoms with van der Waals surface area (Å²) in [5.74, 6) is 0.883. The third-order valence-corrected chi connectivity index (χ3v) is 6.33. The van der Waals surface area contributed by atoms with E-state index >= 15 is 0 Å². The highest BCUT2D eigenvalue weighted by Gasteiger charge is 2.16. The second-order valence-electron chi connectivity index (χ2n) is 8.14. The fraction of sp³-hybridized carbons (Fsp3) is 0.0323. The summed E-state index contributed by atoms with van der Waals surface area (Å²) < 4.78 is 5.41. The number of hydrogen-bond acceptors (Lipinski definition) is 1. The summed E-state index contributed by atoms with van der Waals surface area (Å²) in [7, 11) is 1.71. The van der Waals surface area contributed by atoms with Crippen LogP contribution in [0.15, 0.2) is 115 Å². The molecule has 1 heteroatoms. The van der Waals surface area contributed by atoms with Crippen molar-refractivity contribution in [1.29, 1.82) is 0 Å². The van der Waals surface area contributed by atoms with Crippen molar-refractivity contribution in [2.45, 2.75) is 0 Å². The molecule has 0 aromatic heterocycles. The minimum Gasteiger partial charge on any atom is -0.497 e. The number of methoxy groups -OCH3 is 1. The van der Waals surface area contributed by atoms with Crippen LogP contribution >= 0.6 is 0 Å². The number of benzene rings is 6. The normalized spacial score (nSPS) is 11.3. The zero-order valence-electron chi connectivity index (χ0n) is 17.9. The quantitative estimate of drug-likeness (QED) is 0.266. The standard InChI is InChI=1S/C31H22O/c1-32-25-18-17-22-19-24(16-15-23(22)20-25)31-28-13-7-5-11-26(28)30(21-9-3-2-4-10-21)27-12-6-8-14-29(27)31/h2-20H,1H3. The molecule has 0 spiro atoms. The van der Waals surface area contributed by atoms with E-state index in [-0.39, 0.29) is 0 Å². The minimum atomic E-state index is 0.883. The molecule has 0 aliphatic carbocycles. The van der Waals surface area contributed by atoms with Gasteiger partial charge in [0.25, 0.3) is 0 Å². The van der Waals surface area contributed by atoms with Gasteiger partial charge < -0.3 is 4.74 Å². The molecule has 0 amide bonds. The molecule has 152 valence electrons. The molecule has 1 nitrogen and oxygen atoms in total. The topological polar surface area (TPSA) is 9.23 Å². The summed E-state index contributed by atoms with van der Waals surface area (Å²) >= 11 is 0. The van der Waals surface area contributed by atoms with Gasteiger partial charge in [-0.2, -0.15) is 0 Å². The van der Waals surface area contributed by atoms with Gasteiger partial charge in [-0.1, -0.05) is 97.1 Å². The Labute approximate surface area is 187 Å². The Hall–Kier alpha value is -4.10. The molecular weight excluding hydrogens is 388 g/mol. The van der Waals surface area contributed by atoms with Gasteiger partial charge in [0.15, 0.2) is 0 Å². The summed E-state index contributed by atoms with van der Waals surface area (Å²) in [5.41, 5.74) is 5.06. The van der Waals surface area contributed by atoms with Crippen LogP contribution in [0.5, 0.6) is 5.75 Å². The third kappa shape index (κ3) is 2.94. The fourth-order valence-electron chi connectivity index (χ4n) is 4.86. The zero-order chi connectivity index (χ0) is 21.5. The number of ether oxygens (including phenoxy) is 1. The maximum absolute atomic E-state index is 5.41. The molecule has 0 heterocycles. The van der Waals surface area contributed by atoms with Crippen LogP contribution in [0.2, 0.25) is 0 Å². The first-order chi connectivity index (χ1) is 15.8. The summed E-state index contributed by atoms with van der Waals surface area (Å²) in [6.45, 7) is 0. The van der Waals surface area contributed by atoms with Crippen molar-refractivity contribution in [2.75, 3.05) is 7.11 Å². The van der Waals surface area contributed by atoms with Gasteiger partial charge in [-0.25, -0.2) is 0 Å². The van der Waals surface area contributed by atoms with Crippen LogP contribution in [0.25, 0.3) is 54.6 Å². The Balaban J connectivity index is 1.72. The highest BCUT2D eigenvalue weighted by molar-refractivity contribution is 6.21. The van der Waals surface area contributed by atoms with E-state index in [0.29, 0.717) is 0 Å². The van der Waals surface area contributed by atoms with Crippen LogP contribution in [-0.4, -0.2) is 7.11 Å². The molecule has 6 rings (SSSR count). The van der Waals surface area contributed by atoms with E-state index in [0.717, 1.165) is 5.75 Å². The molecule has 6 aromatic rings. The van der Waals surface area contributed by atoms with Crippen LogP contribution in [0.3, 0.4) is 0 Å². The van der Waals surface area contributed by atoms with Gasteiger partial charge in [0.05, 0.1) is 7.11 Å². The molecule has 0 fully saturated rings. The monoisotopic (exact) mass is 410 g/mol. The van der Waals surface area contributed by atoms with E-state index in [1.54, 1.807) is 7.11 Å². The fourth-order valence-corrected chi connectivity index (χ4v) is 4.86. The lowest BCUT2D eigenvalue weighted by molar-refractivity contribution is 0.415. The van der Waals surface area contributed by atoms with Gasteiger partial charge in [-0.05, 0) is 72.8 Å². The molecule has 0 atom stereocenters. The molecule has 0 aliphatic heterocycles. The largest absolute Gasteiger partial charge is 0.497 e. The SMILES string of the molecule is COc1ccc2cc(-c3c4ccccc4c(-c4ccccc4)c4ccccc34)ccc2c1. The average molecular weight is 411 g/mol. The summed E-state index contributed by atoms with van der Waals surface area (Å²) in [6.07, 6.45) is 0. The smallest absolute Gasteiger partial charge is 0.119 e. The molecule has 6 aromatic carbocycles. The zero-order valence-corrected chi connectivity index (χ0v) is 17.9. The summed E-state index contributed by atoms with van der Waals surface area (Å²) in [6, 6.07) is 41.3. The molecule has 0 saturated carbocycles. The Bertz CT molecular complexity index is 1540. The van der Waals surface area contributed by atoms with Gasteiger partial charge in [0.2, 0.25) is 0 Å². The second-order valence-corrected chi connectivity index (χ2v) is 8.14. The lowest BCUT2D eigenvalue weighted by Crippen LogP contribution is -1.91. The van der Waals surface area contributed by atoms with E-state index in [4.69, 9.17) is 4.74 Å². The van der Waals surface area contributed by atoms with Crippen molar-refractivity contribution < 1.29 is 4.74 Å². The van der Waals surface area contributed by atoms with Gasteiger partial charge in [-0.3, -0.25) is 0 Å². The highest BCUT2D eigenvalue weighted by Crippen LogP contribution is 2.43. The lowest BCUT2D eigenvalue weighted by atomic mass is 9.85. The van der Waals surface area contributed by atoms with Crippen LogP contribution in [-0.2, 0) is 0 Å². The van der Waals surface area contributed by atoms with E-state index < -0.39 is 0 Å². The Morgan fingerprint density at radius 3 is 1.53 bits per heavy atom. The molecule has 0 saturated heterocycles. The minimum absolute atomic E-state index is 0.883. The van der Waals surface area contributed by atoms with E-state index in [1.165, 1.54) is 54.6 Å². The first kappa shape index (κ1) is 18.7. The van der Waals surface area contributed by atoms with Gasteiger partial charge >= 0.3 is 0 Å². The van der Waals surface area contributed by atoms with Crippen molar-refractivity contribution in [3.63, 3.8) is 0 Å². The van der Waals surface area contributed by atoms with Crippen molar-refractivity contribution in [3.05, 3.63) is 115 Å². The lowest BCUT2D eigenvalue weighted by Gasteiger charge is -2.18. The average Bonchev–Trinajstić information content (AvgIpc) is 2.87. The van der Waals surface area contributed by atoms with E-state index in [1.807, 2.05) is 6.07 Å². The summed E-state index contributed by atoms with van der Waals surface area (Å²) in [4.78, 5) is 0. The Morgan fingerprint density at radius 1 is 0.438 bits per heavy atom. The van der Waals surface area contributed by atoms with Crippen LogP contribution in [0.4, 0.5) is 0 Å². The first-order valence-corrected chi connectivity index (χ1v) is 10.9. The highest BCUT2D eigenvalue weighted by atomic mass is 16.5. The number of hydrogen-bond donors (Lipinski definition) is 0. The molecule has 0 N–H and O–H groups in total. The van der Waals surface area contributed by atoms with Crippen molar-refractivity contribution in [1.82, 2.24) is 0 Å². The second kappa shape index (κ2) is 7.55. The van der Waals surface area contributed by atoms with Crippen LogP contribution in [0.1, 0.15) is 0 Å². The first-order valence-electron chi connectivity index (χ1n) is 10.9. The van der Waals surface area contributed by atoms with Crippen molar-refractivity contribution >= 4 is 32.3 Å². The van der Waals surface area contributed by atoms with Gasteiger partial charge in [-0.15, -0.1) is 0 Å². The maximum atomic E-state index is 5.41. The Morgan fingerprint density at radius 2 is 0.938 bits per heavy atom. The molecular formula is C31H22O. The predicted molar refractivity (Wildman–Crippen MR) is 136 cm³/mol. The third-order valence-electron chi connectivity index (χ3n) is 6.33. The maximum Gasteiger partial charge on any atom is 0.119 e. The van der Waals surface area contributed by atoms with Crippen molar-refractivity contribution in [3.8, 4) is 28.0 Å². The predicted octanol–water partition coefficient (Wildman–Crippen LogP) is 8.49. The van der Waals surface area contributed by atoms with Gasteiger partial charge in [0, 0.05) is 0 Å². The van der Waals surface area contributed by atoms with Gasteiger partial charge in [0.1, 0.15) is 5.75 Å². The van der Waals surface area contributed by atoms with E-state index in [2.05, 4.69) is 109 Å². The molecule has 0 unspecified atom stereocenters. The number of rotatable bonds is 3. The van der Waals surface area contributed by atoms with E-state index in [9.17, 15) is 0 Å². The van der Waals surface area contributed by atoms with Crippen molar-refractivity contribution in [2.24, 2.45) is 0 Å². The molecule has 0 bridgehead atoms. The summed E-state index contributed by atoms with van der Waals surface area (Å²) in [5, 5.41) is 7.51.